The zero-order valence-electron chi connectivity index (χ0n) is 13.0. The predicted octanol–water partition coefficient (Wildman–Crippen LogP) is 2.67. The van der Waals surface area contributed by atoms with Crippen molar-refractivity contribution in [3.8, 4) is 0 Å². The first-order valence-corrected chi connectivity index (χ1v) is 8.57. The second kappa shape index (κ2) is 7.56. The molecule has 0 fully saturated rings. The Morgan fingerprint density at radius 1 is 1.14 bits per heavy atom. The van der Waals surface area contributed by atoms with Gasteiger partial charge in [0.1, 0.15) is 0 Å². The molecule has 0 aliphatic carbocycles. The number of carbonyl (C=O) groups is 1. The molecule has 0 N–H and O–H groups in total. The lowest BCUT2D eigenvalue weighted by atomic mass is 10.2. The predicted molar refractivity (Wildman–Crippen MR) is 81.7 cm³/mol. The second-order valence-electron chi connectivity index (χ2n) is 4.74. The standard InChI is InChI=1S/C15H23NO4S/c1-5-13(6-2)16(4)21(18,19)14-10-8-12(9-11-14)15(17)20-7-3/h8-11,13H,5-7H2,1-4H3. The summed E-state index contributed by atoms with van der Waals surface area (Å²) in [5, 5.41) is 0. The molecule has 0 saturated carbocycles. The van der Waals surface area contributed by atoms with Crippen molar-refractivity contribution in [2.45, 2.75) is 44.6 Å². The summed E-state index contributed by atoms with van der Waals surface area (Å²) in [5.41, 5.74) is 0.348. The first-order valence-electron chi connectivity index (χ1n) is 7.13. The Hall–Kier alpha value is -1.40. The van der Waals surface area contributed by atoms with E-state index in [0.717, 1.165) is 12.8 Å². The quantitative estimate of drug-likeness (QED) is 0.726. The smallest absolute Gasteiger partial charge is 0.338 e. The van der Waals surface area contributed by atoms with E-state index in [-0.39, 0.29) is 17.5 Å². The second-order valence-corrected chi connectivity index (χ2v) is 6.73. The summed E-state index contributed by atoms with van der Waals surface area (Å²) in [6, 6.07) is 5.82. The Balaban J connectivity index is 3.02. The number of hydrogen-bond acceptors (Lipinski definition) is 4. The molecule has 0 bridgehead atoms. The van der Waals surface area contributed by atoms with Gasteiger partial charge in [-0.15, -0.1) is 0 Å². The molecule has 0 atom stereocenters. The molecule has 0 aromatic heterocycles. The minimum atomic E-state index is -3.54. The third-order valence-corrected chi connectivity index (χ3v) is 5.42. The number of nitrogens with zero attached hydrogens (tertiary/aromatic N) is 1. The topological polar surface area (TPSA) is 63.7 Å². The highest BCUT2D eigenvalue weighted by molar-refractivity contribution is 7.89. The average molecular weight is 313 g/mol. The van der Waals surface area contributed by atoms with Crippen molar-refractivity contribution in [1.82, 2.24) is 4.31 Å². The van der Waals surface area contributed by atoms with Gasteiger partial charge in [0, 0.05) is 13.1 Å². The molecule has 6 heteroatoms. The third kappa shape index (κ3) is 4.04. The van der Waals surface area contributed by atoms with Gasteiger partial charge >= 0.3 is 5.97 Å². The van der Waals surface area contributed by atoms with Crippen molar-refractivity contribution >= 4 is 16.0 Å². The summed E-state index contributed by atoms with van der Waals surface area (Å²) in [5.74, 6) is -0.449. The fourth-order valence-corrected chi connectivity index (χ4v) is 3.65. The largest absolute Gasteiger partial charge is 0.462 e. The highest BCUT2D eigenvalue weighted by atomic mass is 32.2. The Kier molecular flexibility index (Phi) is 6.36. The summed E-state index contributed by atoms with van der Waals surface area (Å²) in [4.78, 5) is 11.7. The zero-order valence-corrected chi connectivity index (χ0v) is 13.8. The van der Waals surface area contributed by atoms with Crippen LogP contribution in [0.3, 0.4) is 0 Å². The van der Waals surface area contributed by atoms with E-state index in [1.54, 1.807) is 14.0 Å². The van der Waals surface area contributed by atoms with Crippen LogP contribution in [0.4, 0.5) is 0 Å². The highest BCUT2D eigenvalue weighted by Gasteiger charge is 2.26. The van der Waals surface area contributed by atoms with Gasteiger partial charge in [0.15, 0.2) is 0 Å². The van der Waals surface area contributed by atoms with Crippen LogP contribution < -0.4 is 0 Å². The molecule has 5 nitrogen and oxygen atoms in total. The summed E-state index contributed by atoms with van der Waals surface area (Å²) in [6.07, 6.45) is 1.51. The van der Waals surface area contributed by atoms with Crippen molar-refractivity contribution in [3.63, 3.8) is 0 Å². The van der Waals surface area contributed by atoms with Crippen LogP contribution in [0.15, 0.2) is 29.2 Å². The molecule has 0 heterocycles. The summed E-state index contributed by atoms with van der Waals surface area (Å²) < 4.78 is 31.3. The van der Waals surface area contributed by atoms with Crippen LogP contribution >= 0.6 is 0 Å². The molecule has 0 aliphatic rings. The van der Waals surface area contributed by atoms with Gasteiger partial charge < -0.3 is 4.74 Å². The van der Waals surface area contributed by atoms with Gasteiger partial charge in [-0.25, -0.2) is 13.2 Å². The molecule has 118 valence electrons. The molecular weight excluding hydrogens is 290 g/mol. The maximum absolute atomic E-state index is 12.5. The third-order valence-electron chi connectivity index (χ3n) is 3.50. The lowest BCUT2D eigenvalue weighted by Gasteiger charge is -2.25. The fraction of sp³-hybridized carbons (Fsp3) is 0.533. The summed E-state index contributed by atoms with van der Waals surface area (Å²) in [7, 11) is -1.95. The van der Waals surface area contributed by atoms with Crippen molar-refractivity contribution in [2.75, 3.05) is 13.7 Å². The van der Waals surface area contributed by atoms with E-state index in [4.69, 9.17) is 4.74 Å². The van der Waals surface area contributed by atoms with Crippen LogP contribution in [0.2, 0.25) is 0 Å². The molecule has 1 aromatic carbocycles. The number of rotatable bonds is 7. The number of sulfonamides is 1. The van der Waals surface area contributed by atoms with Crippen LogP contribution in [0.5, 0.6) is 0 Å². The Bertz CT molecular complexity index is 562. The van der Waals surface area contributed by atoms with Gasteiger partial charge in [0.05, 0.1) is 17.1 Å². The number of carbonyl (C=O) groups excluding carboxylic acids is 1. The van der Waals surface area contributed by atoms with Crippen LogP contribution in [0.25, 0.3) is 0 Å². The van der Waals surface area contributed by atoms with Gasteiger partial charge in [0.2, 0.25) is 10.0 Å². The average Bonchev–Trinajstić information content (AvgIpc) is 2.48. The van der Waals surface area contributed by atoms with Gasteiger partial charge in [-0.2, -0.15) is 4.31 Å². The van der Waals surface area contributed by atoms with Crippen molar-refractivity contribution in [2.24, 2.45) is 0 Å². The monoisotopic (exact) mass is 313 g/mol. The Morgan fingerprint density at radius 2 is 1.67 bits per heavy atom. The first-order chi connectivity index (χ1) is 9.88. The Morgan fingerprint density at radius 3 is 2.10 bits per heavy atom. The van der Waals surface area contributed by atoms with Gasteiger partial charge in [-0.05, 0) is 44.0 Å². The van der Waals surface area contributed by atoms with E-state index >= 15 is 0 Å². The minimum Gasteiger partial charge on any atom is -0.462 e. The lowest BCUT2D eigenvalue weighted by Crippen LogP contribution is -2.36. The summed E-state index contributed by atoms with van der Waals surface area (Å²) in [6.45, 7) is 5.94. The number of esters is 1. The molecule has 0 spiro atoms. The van der Waals surface area contributed by atoms with E-state index in [9.17, 15) is 13.2 Å². The van der Waals surface area contributed by atoms with Crippen molar-refractivity contribution in [1.29, 1.82) is 0 Å². The fourth-order valence-electron chi connectivity index (χ4n) is 2.14. The normalized spacial score (nSPS) is 11.9. The van der Waals surface area contributed by atoms with Crippen LogP contribution in [0.1, 0.15) is 44.0 Å². The van der Waals surface area contributed by atoms with E-state index in [0.29, 0.717) is 5.56 Å². The Labute approximate surface area is 127 Å². The molecule has 0 aliphatic heterocycles. The zero-order chi connectivity index (χ0) is 16.0. The van der Waals surface area contributed by atoms with Crippen LogP contribution in [-0.2, 0) is 14.8 Å². The molecule has 0 saturated heterocycles. The number of benzene rings is 1. The van der Waals surface area contributed by atoms with Gasteiger partial charge in [0.25, 0.3) is 0 Å². The van der Waals surface area contributed by atoms with E-state index in [2.05, 4.69) is 0 Å². The van der Waals surface area contributed by atoms with Gasteiger partial charge in [-0.1, -0.05) is 13.8 Å². The molecular formula is C15H23NO4S. The number of ether oxygens (including phenoxy) is 1. The van der Waals surface area contributed by atoms with Crippen molar-refractivity contribution in [3.05, 3.63) is 29.8 Å². The molecule has 21 heavy (non-hydrogen) atoms. The molecule has 1 rings (SSSR count). The number of hydrogen-bond donors (Lipinski definition) is 0. The minimum absolute atomic E-state index is 0.0280. The molecule has 0 radical (unpaired) electrons. The van der Waals surface area contributed by atoms with Crippen molar-refractivity contribution < 1.29 is 17.9 Å². The highest BCUT2D eigenvalue weighted by Crippen LogP contribution is 2.20. The van der Waals surface area contributed by atoms with E-state index in [1.165, 1.54) is 28.6 Å². The SMILES string of the molecule is CCOC(=O)c1ccc(S(=O)(=O)N(C)C(CC)CC)cc1. The molecule has 0 unspecified atom stereocenters. The summed E-state index contributed by atoms with van der Waals surface area (Å²) >= 11 is 0. The van der Waals surface area contributed by atoms with Gasteiger partial charge in [-0.3, -0.25) is 0 Å². The van der Waals surface area contributed by atoms with Crippen LogP contribution in [-0.4, -0.2) is 38.4 Å². The lowest BCUT2D eigenvalue weighted by molar-refractivity contribution is 0.0526. The maximum Gasteiger partial charge on any atom is 0.338 e. The first kappa shape index (κ1) is 17.7. The molecule has 0 amide bonds. The van der Waals surface area contributed by atoms with E-state index < -0.39 is 16.0 Å². The van der Waals surface area contributed by atoms with Crippen LogP contribution in [0, 0.1) is 0 Å². The maximum atomic E-state index is 12.5. The molecule has 1 aromatic rings. The van der Waals surface area contributed by atoms with E-state index in [1.807, 2.05) is 13.8 Å².